The van der Waals surface area contributed by atoms with Crippen molar-refractivity contribution in [1.82, 2.24) is 9.78 Å². The zero-order chi connectivity index (χ0) is 16.4. The van der Waals surface area contributed by atoms with Crippen LogP contribution >= 0.6 is 0 Å². The van der Waals surface area contributed by atoms with Crippen LogP contribution in [-0.4, -0.2) is 9.78 Å². The second-order valence-corrected chi connectivity index (χ2v) is 5.47. The number of aryl methyl sites for hydroxylation is 2. The van der Waals surface area contributed by atoms with Gasteiger partial charge in [-0.2, -0.15) is 10.4 Å². The molecule has 114 valence electrons. The molecule has 0 spiro atoms. The van der Waals surface area contributed by atoms with E-state index in [1.54, 1.807) is 11.6 Å². The van der Waals surface area contributed by atoms with E-state index in [4.69, 9.17) is 11.0 Å². The first kappa shape index (κ1) is 14.9. The van der Waals surface area contributed by atoms with Crippen molar-refractivity contribution in [1.29, 1.82) is 5.26 Å². The Balaban J connectivity index is 1.94. The molecule has 0 amide bonds. The largest absolute Gasteiger partial charge is 0.382 e. The van der Waals surface area contributed by atoms with Gasteiger partial charge in [0.05, 0.1) is 11.4 Å². The molecule has 3 aromatic rings. The number of hydrogen-bond donors (Lipinski definition) is 1. The Morgan fingerprint density at radius 2 is 1.61 bits per heavy atom. The van der Waals surface area contributed by atoms with Gasteiger partial charge in [0.25, 0.3) is 0 Å². The number of benzene rings is 2. The molecule has 1 aromatic heterocycles. The molecule has 0 radical (unpaired) electrons. The molecule has 4 heteroatoms. The first-order valence-corrected chi connectivity index (χ1v) is 7.59. The predicted molar refractivity (Wildman–Crippen MR) is 92.2 cm³/mol. The third kappa shape index (κ3) is 2.69. The fourth-order valence-electron chi connectivity index (χ4n) is 2.61. The third-order valence-electron chi connectivity index (χ3n) is 4.02. The highest BCUT2D eigenvalue weighted by molar-refractivity contribution is 5.65. The van der Waals surface area contributed by atoms with Gasteiger partial charge in [-0.25, -0.2) is 4.68 Å². The summed E-state index contributed by atoms with van der Waals surface area (Å²) >= 11 is 0. The summed E-state index contributed by atoms with van der Waals surface area (Å²) in [5, 5.41) is 13.5. The maximum atomic E-state index is 9.11. The maximum absolute atomic E-state index is 9.11. The topological polar surface area (TPSA) is 67.6 Å². The molecule has 0 saturated heterocycles. The van der Waals surface area contributed by atoms with Crippen LogP contribution in [0, 0.1) is 18.3 Å². The number of nitrogen functional groups attached to an aromatic ring is 1. The first-order valence-electron chi connectivity index (χ1n) is 7.59. The fourth-order valence-corrected chi connectivity index (χ4v) is 2.61. The molecule has 0 unspecified atom stereocenters. The van der Waals surface area contributed by atoms with E-state index in [1.807, 2.05) is 24.3 Å². The van der Waals surface area contributed by atoms with Crippen LogP contribution in [0.2, 0.25) is 0 Å². The van der Waals surface area contributed by atoms with Gasteiger partial charge in [0.15, 0.2) is 0 Å². The lowest BCUT2D eigenvalue weighted by molar-refractivity contribution is 0.872. The first-order chi connectivity index (χ1) is 11.1. The normalized spacial score (nSPS) is 10.5. The lowest BCUT2D eigenvalue weighted by Gasteiger charge is -2.07. The summed E-state index contributed by atoms with van der Waals surface area (Å²) < 4.78 is 1.61. The maximum Gasteiger partial charge on any atom is 0.145 e. The SMILES string of the molecule is CCc1ccc(-c2ccc(-n3nc(C)c(C#N)c3N)cc2)cc1. The average molecular weight is 302 g/mol. The van der Waals surface area contributed by atoms with E-state index in [0.717, 1.165) is 17.7 Å². The monoisotopic (exact) mass is 302 g/mol. The van der Waals surface area contributed by atoms with Crippen LogP contribution in [0.4, 0.5) is 5.82 Å². The van der Waals surface area contributed by atoms with Gasteiger partial charge in [-0.3, -0.25) is 0 Å². The predicted octanol–water partition coefficient (Wildman–Crippen LogP) is 3.86. The fraction of sp³-hybridized carbons (Fsp3) is 0.158. The minimum atomic E-state index is 0.380. The van der Waals surface area contributed by atoms with E-state index >= 15 is 0 Å². The Morgan fingerprint density at radius 1 is 1.04 bits per heavy atom. The van der Waals surface area contributed by atoms with Crippen molar-refractivity contribution >= 4 is 5.82 Å². The molecule has 3 rings (SSSR count). The number of aromatic nitrogens is 2. The van der Waals surface area contributed by atoms with E-state index < -0.39 is 0 Å². The van der Waals surface area contributed by atoms with Crippen molar-refractivity contribution in [3.05, 3.63) is 65.4 Å². The molecule has 2 N–H and O–H groups in total. The standard InChI is InChI=1S/C19H18N4/c1-3-14-4-6-15(7-5-14)16-8-10-17(11-9-16)23-19(21)18(12-20)13(2)22-23/h4-11H,3,21H2,1-2H3. The van der Waals surface area contributed by atoms with Crippen molar-refractivity contribution in [2.24, 2.45) is 0 Å². The van der Waals surface area contributed by atoms with Crippen LogP contribution in [0.15, 0.2) is 48.5 Å². The number of hydrogen-bond acceptors (Lipinski definition) is 3. The van der Waals surface area contributed by atoms with Gasteiger partial charge in [-0.05, 0) is 42.2 Å². The van der Waals surface area contributed by atoms with E-state index in [9.17, 15) is 0 Å². The summed E-state index contributed by atoms with van der Waals surface area (Å²) in [6, 6.07) is 18.7. The smallest absolute Gasteiger partial charge is 0.145 e. The lowest BCUT2D eigenvalue weighted by Crippen LogP contribution is -2.02. The van der Waals surface area contributed by atoms with Crippen LogP contribution in [0.3, 0.4) is 0 Å². The Labute approximate surface area is 135 Å². The summed E-state index contributed by atoms with van der Waals surface area (Å²) in [6.07, 6.45) is 1.04. The number of rotatable bonds is 3. The molecular formula is C19H18N4. The number of nitriles is 1. The minimum absolute atomic E-state index is 0.380. The van der Waals surface area contributed by atoms with Crippen LogP contribution in [0.25, 0.3) is 16.8 Å². The van der Waals surface area contributed by atoms with Crippen LogP contribution < -0.4 is 5.73 Å². The lowest BCUT2D eigenvalue weighted by atomic mass is 10.0. The molecule has 0 atom stereocenters. The van der Waals surface area contributed by atoms with E-state index in [0.29, 0.717) is 17.1 Å². The second-order valence-electron chi connectivity index (χ2n) is 5.47. The van der Waals surface area contributed by atoms with Crippen molar-refractivity contribution < 1.29 is 0 Å². The highest BCUT2D eigenvalue weighted by Crippen LogP contribution is 2.24. The van der Waals surface area contributed by atoms with Crippen molar-refractivity contribution in [2.75, 3.05) is 5.73 Å². The summed E-state index contributed by atoms with van der Waals surface area (Å²) in [5.41, 5.74) is 11.6. The van der Waals surface area contributed by atoms with E-state index in [2.05, 4.69) is 42.4 Å². The third-order valence-corrected chi connectivity index (χ3v) is 4.02. The molecular weight excluding hydrogens is 284 g/mol. The zero-order valence-corrected chi connectivity index (χ0v) is 13.2. The van der Waals surface area contributed by atoms with Crippen molar-refractivity contribution in [3.8, 4) is 22.9 Å². The molecule has 0 fully saturated rings. The summed E-state index contributed by atoms with van der Waals surface area (Å²) in [7, 11) is 0. The molecule has 0 bridgehead atoms. The molecule has 0 aliphatic heterocycles. The molecule has 0 aliphatic carbocycles. The molecule has 23 heavy (non-hydrogen) atoms. The second kappa shape index (κ2) is 5.98. The molecule has 4 nitrogen and oxygen atoms in total. The molecule has 1 heterocycles. The Hall–Kier alpha value is -3.06. The average Bonchev–Trinajstić information content (AvgIpc) is 2.89. The van der Waals surface area contributed by atoms with Gasteiger partial charge in [0.2, 0.25) is 0 Å². The minimum Gasteiger partial charge on any atom is -0.382 e. The van der Waals surface area contributed by atoms with Gasteiger partial charge in [-0.1, -0.05) is 43.3 Å². The summed E-state index contributed by atoms with van der Waals surface area (Å²) in [4.78, 5) is 0. The zero-order valence-electron chi connectivity index (χ0n) is 13.2. The van der Waals surface area contributed by atoms with Gasteiger partial charge in [0, 0.05) is 0 Å². The van der Waals surface area contributed by atoms with Gasteiger partial charge >= 0.3 is 0 Å². The molecule has 0 saturated carbocycles. The van der Waals surface area contributed by atoms with Gasteiger partial charge in [-0.15, -0.1) is 0 Å². The Kier molecular flexibility index (Phi) is 3.86. The highest BCUT2D eigenvalue weighted by Gasteiger charge is 2.13. The number of anilines is 1. The molecule has 2 aromatic carbocycles. The Morgan fingerprint density at radius 3 is 2.09 bits per heavy atom. The number of nitrogens with two attached hydrogens (primary N) is 1. The van der Waals surface area contributed by atoms with Crippen molar-refractivity contribution in [3.63, 3.8) is 0 Å². The van der Waals surface area contributed by atoms with Crippen molar-refractivity contribution in [2.45, 2.75) is 20.3 Å². The summed E-state index contributed by atoms with van der Waals surface area (Å²) in [5.74, 6) is 0.380. The van der Waals surface area contributed by atoms with Crippen LogP contribution in [0.5, 0.6) is 0 Å². The quantitative estimate of drug-likeness (QED) is 0.798. The molecule has 0 aliphatic rings. The van der Waals surface area contributed by atoms with Gasteiger partial charge < -0.3 is 5.73 Å². The Bertz CT molecular complexity index is 865. The van der Waals surface area contributed by atoms with Crippen LogP contribution in [-0.2, 0) is 6.42 Å². The highest BCUT2D eigenvalue weighted by atomic mass is 15.3. The van der Waals surface area contributed by atoms with E-state index in [-0.39, 0.29) is 0 Å². The van der Waals surface area contributed by atoms with E-state index in [1.165, 1.54) is 11.1 Å². The number of nitrogens with zero attached hydrogens (tertiary/aromatic N) is 3. The summed E-state index contributed by atoms with van der Waals surface area (Å²) in [6.45, 7) is 3.94. The van der Waals surface area contributed by atoms with Gasteiger partial charge in [0.1, 0.15) is 17.5 Å². The van der Waals surface area contributed by atoms with Crippen LogP contribution in [0.1, 0.15) is 23.7 Å².